The third kappa shape index (κ3) is 4.46. The molecule has 0 saturated carbocycles. The number of hydrogen-bond acceptors (Lipinski definition) is 6. The van der Waals surface area contributed by atoms with Gasteiger partial charge in [-0.2, -0.15) is 0 Å². The Hall–Kier alpha value is -1.40. The maximum atomic E-state index is 9.94. The Morgan fingerprint density at radius 2 is 2.00 bits per heavy atom. The summed E-state index contributed by atoms with van der Waals surface area (Å²) in [5.74, 6) is 7.37. The summed E-state index contributed by atoms with van der Waals surface area (Å²) in [7, 11) is 0. The predicted octanol–water partition coefficient (Wildman–Crippen LogP) is 1.29. The minimum atomic E-state index is -0.744. The fourth-order valence-electron chi connectivity index (χ4n) is 1.40. The highest BCUT2D eigenvalue weighted by Crippen LogP contribution is 2.14. The molecular formula is C12H23N5O. The lowest BCUT2D eigenvalue weighted by atomic mass is 10.0. The Morgan fingerprint density at radius 1 is 1.33 bits per heavy atom. The molecule has 1 atom stereocenters. The molecule has 6 nitrogen and oxygen atoms in total. The molecule has 0 aliphatic carbocycles. The van der Waals surface area contributed by atoms with Gasteiger partial charge in [-0.05, 0) is 19.8 Å². The summed E-state index contributed by atoms with van der Waals surface area (Å²) in [5, 5.41) is 13.1. The van der Waals surface area contributed by atoms with Crippen LogP contribution in [-0.2, 0) is 6.42 Å². The van der Waals surface area contributed by atoms with Crippen LogP contribution in [0.15, 0.2) is 6.07 Å². The van der Waals surface area contributed by atoms with Gasteiger partial charge in [0.1, 0.15) is 17.5 Å². The van der Waals surface area contributed by atoms with Crippen molar-refractivity contribution in [1.29, 1.82) is 0 Å². The van der Waals surface area contributed by atoms with E-state index in [1.807, 2.05) is 6.92 Å². The molecular weight excluding hydrogens is 230 g/mol. The topological polar surface area (TPSA) is 96.1 Å². The molecule has 0 amide bonds. The normalized spacial score (nSPS) is 14.1. The van der Waals surface area contributed by atoms with Gasteiger partial charge >= 0.3 is 0 Å². The number of nitrogen functional groups attached to an aromatic ring is 1. The molecule has 0 fully saturated rings. The van der Waals surface area contributed by atoms with E-state index in [0.29, 0.717) is 24.6 Å². The highest BCUT2D eigenvalue weighted by atomic mass is 16.3. The number of anilines is 2. The number of aryl methyl sites for hydroxylation is 1. The van der Waals surface area contributed by atoms with E-state index >= 15 is 0 Å². The Bertz CT molecular complexity index is 381. The summed E-state index contributed by atoms with van der Waals surface area (Å²) >= 11 is 0. The quantitative estimate of drug-likeness (QED) is 0.432. The Morgan fingerprint density at radius 3 is 2.56 bits per heavy atom. The van der Waals surface area contributed by atoms with Crippen LogP contribution in [0.1, 0.15) is 39.4 Å². The molecule has 1 aromatic rings. The van der Waals surface area contributed by atoms with Crippen molar-refractivity contribution in [3.8, 4) is 0 Å². The van der Waals surface area contributed by atoms with E-state index in [0.717, 1.165) is 18.7 Å². The molecule has 102 valence electrons. The molecule has 0 bridgehead atoms. The highest BCUT2D eigenvalue weighted by Gasteiger charge is 2.17. The van der Waals surface area contributed by atoms with E-state index in [4.69, 9.17) is 5.84 Å². The van der Waals surface area contributed by atoms with Gasteiger partial charge in [0.05, 0.1) is 5.60 Å². The van der Waals surface area contributed by atoms with Gasteiger partial charge in [0.25, 0.3) is 0 Å². The van der Waals surface area contributed by atoms with Crippen LogP contribution in [0.5, 0.6) is 0 Å². The Balaban J connectivity index is 2.78. The monoisotopic (exact) mass is 253 g/mol. The number of nitrogens with two attached hydrogens (primary N) is 1. The fraction of sp³-hybridized carbons (Fsp3) is 0.667. The summed E-state index contributed by atoms with van der Waals surface area (Å²) in [6.07, 6.45) is 2.45. The largest absolute Gasteiger partial charge is 0.388 e. The summed E-state index contributed by atoms with van der Waals surface area (Å²) in [4.78, 5) is 8.64. The molecule has 1 heterocycles. The second kappa shape index (κ2) is 6.51. The molecule has 5 N–H and O–H groups in total. The number of nitrogens with zero attached hydrogens (tertiary/aromatic N) is 2. The number of aromatic nitrogens is 2. The van der Waals surface area contributed by atoms with E-state index in [-0.39, 0.29) is 0 Å². The molecule has 1 unspecified atom stereocenters. The molecule has 0 aliphatic rings. The number of rotatable bonds is 7. The van der Waals surface area contributed by atoms with E-state index in [2.05, 4.69) is 27.6 Å². The van der Waals surface area contributed by atoms with Crippen LogP contribution in [0.3, 0.4) is 0 Å². The van der Waals surface area contributed by atoms with Crippen molar-refractivity contribution in [3.63, 3.8) is 0 Å². The van der Waals surface area contributed by atoms with E-state index in [9.17, 15) is 5.11 Å². The first-order valence-corrected chi connectivity index (χ1v) is 6.31. The van der Waals surface area contributed by atoms with Crippen LogP contribution in [0.2, 0.25) is 0 Å². The zero-order chi connectivity index (χ0) is 13.6. The molecule has 0 radical (unpaired) electrons. The molecule has 18 heavy (non-hydrogen) atoms. The summed E-state index contributed by atoms with van der Waals surface area (Å²) in [6, 6.07) is 1.73. The molecule has 0 aromatic carbocycles. The molecule has 1 aromatic heterocycles. The van der Waals surface area contributed by atoms with Gasteiger partial charge in [-0.15, -0.1) is 0 Å². The number of hydrazine groups is 1. The van der Waals surface area contributed by atoms with Crippen LogP contribution >= 0.6 is 0 Å². The lowest BCUT2D eigenvalue weighted by molar-refractivity contribution is 0.0696. The van der Waals surface area contributed by atoms with Gasteiger partial charge in [0.15, 0.2) is 0 Å². The average molecular weight is 253 g/mol. The van der Waals surface area contributed by atoms with E-state index < -0.39 is 5.60 Å². The van der Waals surface area contributed by atoms with Crippen LogP contribution < -0.4 is 16.6 Å². The van der Waals surface area contributed by atoms with Gasteiger partial charge in [0.2, 0.25) is 0 Å². The fourth-order valence-corrected chi connectivity index (χ4v) is 1.40. The van der Waals surface area contributed by atoms with Crippen molar-refractivity contribution in [2.75, 3.05) is 17.3 Å². The van der Waals surface area contributed by atoms with Crippen LogP contribution in [-0.4, -0.2) is 27.2 Å². The first kappa shape index (κ1) is 14.7. The van der Waals surface area contributed by atoms with Crippen molar-refractivity contribution in [2.45, 2.75) is 45.6 Å². The lowest BCUT2D eigenvalue weighted by Gasteiger charge is -2.22. The molecule has 1 rings (SSSR count). The number of nitrogens with one attached hydrogen (secondary N) is 2. The van der Waals surface area contributed by atoms with Crippen molar-refractivity contribution < 1.29 is 5.11 Å². The maximum absolute atomic E-state index is 9.94. The third-order valence-electron chi connectivity index (χ3n) is 2.81. The smallest absolute Gasteiger partial charge is 0.145 e. The second-order valence-electron chi connectivity index (χ2n) is 4.65. The van der Waals surface area contributed by atoms with Crippen molar-refractivity contribution in [2.24, 2.45) is 5.84 Å². The Kier molecular flexibility index (Phi) is 5.30. The van der Waals surface area contributed by atoms with E-state index in [1.54, 1.807) is 13.0 Å². The third-order valence-corrected chi connectivity index (χ3v) is 2.81. The maximum Gasteiger partial charge on any atom is 0.145 e. The van der Waals surface area contributed by atoms with Crippen molar-refractivity contribution in [1.82, 2.24) is 9.97 Å². The van der Waals surface area contributed by atoms with Crippen LogP contribution in [0, 0.1) is 0 Å². The number of hydrogen-bond donors (Lipinski definition) is 4. The molecule has 6 heteroatoms. The van der Waals surface area contributed by atoms with Crippen LogP contribution in [0.4, 0.5) is 11.6 Å². The zero-order valence-corrected chi connectivity index (χ0v) is 11.3. The minimum Gasteiger partial charge on any atom is -0.388 e. The minimum absolute atomic E-state index is 0.441. The summed E-state index contributed by atoms with van der Waals surface area (Å²) in [6.45, 7) is 6.24. The first-order valence-electron chi connectivity index (χ1n) is 6.31. The van der Waals surface area contributed by atoms with Crippen molar-refractivity contribution in [3.05, 3.63) is 11.9 Å². The molecule has 0 aliphatic heterocycles. The number of aliphatic hydroxyl groups is 1. The van der Waals surface area contributed by atoms with Gasteiger partial charge in [-0.1, -0.05) is 13.8 Å². The van der Waals surface area contributed by atoms with Gasteiger partial charge in [-0.25, -0.2) is 15.8 Å². The molecule has 0 saturated heterocycles. The predicted molar refractivity (Wildman–Crippen MR) is 73.2 cm³/mol. The van der Waals surface area contributed by atoms with Gasteiger partial charge in [-0.3, -0.25) is 0 Å². The van der Waals surface area contributed by atoms with Gasteiger partial charge < -0.3 is 15.8 Å². The second-order valence-corrected chi connectivity index (χ2v) is 4.65. The molecule has 0 spiro atoms. The first-order chi connectivity index (χ1) is 8.50. The van der Waals surface area contributed by atoms with Crippen molar-refractivity contribution >= 4 is 11.6 Å². The van der Waals surface area contributed by atoms with E-state index in [1.165, 1.54) is 0 Å². The standard InChI is InChI=1S/C12H23N5O/c1-4-6-9-15-10(7-11(16-9)17-13)14-8-12(3,18)5-2/h7,18H,4-6,8,13H2,1-3H3,(H2,14,15,16,17). The summed E-state index contributed by atoms with van der Waals surface area (Å²) in [5.41, 5.74) is 1.78. The lowest BCUT2D eigenvalue weighted by Crippen LogP contribution is -2.32. The highest BCUT2D eigenvalue weighted by molar-refractivity contribution is 5.47. The average Bonchev–Trinajstić information content (AvgIpc) is 2.37. The van der Waals surface area contributed by atoms with Gasteiger partial charge in [0, 0.05) is 19.0 Å². The SMILES string of the molecule is CCCc1nc(NN)cc(NCC(C)(O)CC)n1. The zero-order valence-electron chi connectivity index (χ0n) is 11.3. The van der Waals surface area contributed by atoms with Crippen LogP contribution in [0.25, 0.3) is 0 Å². The Labute approximate surface area is 108 Å². The summed E-state index contributed by atoms with van der Waals surface area (Å²) < 4.78 is 0.